The van der Waals surface area contributed by atoms with Gasteiger partial charge in [-0.1, -0.05) is 0 Å². The van der Waals surface area contributed by atoms with Crippen LogP contribution in [0.25, 0.3) is 4.85 Å². The summed E-state index contributed by atoms with van der Waals surface area (Å²) in [6.45, 7) is 8.60. The molecule has 2 aliphatic rings. The van der Waals surface area contributed by atoms with Crippen molar-refractivity contribution in [1.82, 2.24) is 34.8 Å². The maximum absolute atomic E-state index is 13.6. The number of aromatic nitrogens is 5. The lowest BCUT2D eigenvalue weighted by Crippen LogP contribution is -2.39. The van der Waals surface area contributed by atoms with Crippen LogP contribution in [0, 0.1) is 12.4 Å². The zero-order valence-corrected chi connectivity index (χ0v) is 17.7. The minimum absolute atomic E-state index is 0.0847. The van der Waals surface area contributed by atoms with Crippen molar-refractivity contribution in [3.8, 4) is 0 Å². The van der Waals surface area contributed by atoms with Crippen molar-refractivity contribution in [1.29, 1.82) is 0 Å². The molecule has 4 heterocycles. The van der Waals surface area contributed by atoms with E-state index in [0.29, 0.717) is 43.3 Å². The number of rotatable bonds is 2. The van der Waals surface area contributed by atoms with Gasteiger partial charge in [-0.3, -0.25) is 14.6 Å². The van der Waals surface area contributed by atoms with Crippen LogP contribution in [-0.4, -0.2) is 66.8 Å². The molecule has 0 bridgehead atoms. The van der Waals surface area contributed by atoms with E-state index in [2.05, 4.69) is 30.4 Å². The smallest absolute Gasteiger partial charge is 0.322 e. The van der Waals surface area contributed by atoms with Crippen molar-refractivity contribution >= 4 is 23.3 Å². The Labute approximate surface area is 188 Å². The predicted molar refractivity (Wildman–Crippen MR) is 114 cm³/mol. The number of hydrogen-bond donors (Lipinski definition) is 2. The second-order valence-electron chi connectivity index (χ2n) is 8.09. The molecule has 0 aliphatic carbocycles. The van der Waals surface area contributed by atoms with Crippen LogP contribution in [0.15, 0.2) is 24.5 Å². The summed E-state index contributed by atoms with van der Waals surface area (Å²) in [4.78, 5) is 36.6. The molecule has 1 aromatic carbocycles. The van der Waals surface area contributed by atoms with E-state index in [4.69, 9.17) is 6.57 Å². The summed E-state index contributed by atoms with van der Waals surface area (Å²) >= 11 is 0. The number of nitrogens with zero attached hydrogens (tertiary/aromatic N) is 7. The Balaban J connectivity index is 1.39. The van der Waals surface area contributed by atoms with Crippen molar-refractivity contribution in [3.05, 3.63) is 64.5 Å². The highest BCUT2D eigenvalue weighted by Gasteiger charge is 2.35. The Hall–Kier alpha value is -4.27. The van der Waals surface area contributed by atoms with Crippen molar-refractivity contribution in [2.75, 3.05) is 25.5 Å². The van der Waals surface area contributed by atoms with Gasteiger partial charge in [0.05, 0.1) is 31.3 Å². The molecule has 2 N–H and O–H groups in total. The fraction of sp³-hybridized carbons (Fsp3) is 0.333. The number of fused-ring (bicyclic) bond motifs is 3. The monoisotopic (exact) mass is 449 g/mol. The van der Waals surface area contributed by atoms with E-state index in [-0.39, 0.29) is 24.1 Å². The number of benzene rings is 1. The molecule has 1 atom stereocenters. The molecule has 3 amide bonds. The first-order valence-corrected chi connectivity index (χ1v) is 10.4. The van der Waals surface area contributed by atoms with E-state index in [1.54, 1.807) is 21.5 Å². The number of hydrogen-bond acceptors (Lipinski definition) is 5. The molecule has 33 heavy (non-hydrogen) atoms. The molecule has 168 valence electrons. The number of aromatic amines is 1. The van der Waals surface area contributed by atoms with E-state index in [1.165, 1.54) is 18.5 Å². The van der Waals surface area contributed by atoms with Gasteiger partial charge < -0.3 is 15.1 Å². The topological polar surface area (TPSA) is 116 Å². The van der Waals surface area contributed by atoms with Gasteiger partial charge in [0.1, 0.15) is 23.7 Å². The molecule has 11 nitrogen and oxygen atoms in total. The van der Waals surface area contributed by atoms with Gasteiger partial charge in [-0.05, 0) is 18.2 Å². The minimum atomic E-state index is -0.639. The molecule has 0 spiro atoms. The zero-order chi connectivity index (χ0) is 23.1. The second kappa shape index (κ2) is 8.01. The third-order valence-corrected chi connectivity index (χ3v) is 5.96. The van der Waals surface area contributed by atoms with Crippen molar-refractivity contribution < 1.29 is 14.0 Å². The first-order valence-electron chi connectivity index (χ1n) is 10.4. The van der Waals surface area contributed by atoms with Crippen LogP contribution in [0.5, 0.6) is 0 Å². The molecule has 2 aromatic heterocycles. The first kappa shape index (κ1) is 20.6. The number of urea groups is 1. The lowest BCUT2D eigenvalue weighted by atomic mass is 10.0. The van der Waals surface area contributed by atoms with Gasteiger partial charge in [-0.15, -0.1) is 0 Å². The molecule has 0 saturated carbocycles. The first-order chi connectivity index (χ1) is 15.9. The summed E-state index contributed by atoms with van der Waals surface area (Å²) in [7, 11) is 1.73. The average Bonchev–Trinajstić information content (AvgIpc) is 3.44. The van der Waals surface area contributed by atoms with Gasteiger partial charge in [-0.2, -0.15) is 10.2 Å². The second-order valence-corrected chi connectivity index (χ2v) is 8.09. The SMILES string of the molecule is [C-]#[N+]c1cc(NC(=O)N2CCc3nn4c(c3C2)C(=O)N(C)CC(c2ncn[nH]2)C4)ccc1F. The fourth-order valence-corrected chi connectivity index (χ4v) is 4.30. The summed E-state index contributed by atoms with van der Waals surface area (Å²) < 4.78 is 15.3. The fourth-order valence-electron chi connectivity index (χ4n) is 4.30. The van der Waals surface area contributed by atoms with Crippen LogP contribution >= 0.6 is 0 Å². The minimum Gasteiger partial charge on any atom is -0.340 e. The number of carbonyl (C=O) groups is 2. The molecule has 12 heteroatoms. The molecule has 3 aromatic rings. The molecule has 0 fully saturated rings. The van der Waals surface area contributed by atoms with E-state index in [9.17, 15) is 14.0 Å². The number of nitrogens with one attached hydrogen (secondary N) is 2. The number of anilines is 1. The van der Waals surface area contributed by atoms with Crippen molar-refractivity contribution in [2.24, 2.45) is 0 Å². The highest BCUT2D eigenvalue weighted by molar-refractivity contribution is 5.95. The Morgan fingerprint density at radius 2 is 2.21 bits per heavy atom. The molecular weight excluding hydrogens is 429 g/mol. The summed E-state index contributed by atoms with van der Waals surface area (Å²) in [6, 6.07) is 3.46. The molecular formula is C21H20FN9O2. The van der Waals surface area contributed by atoms with Gasteiger partial charge in [-0.25, -0.2) is 19.0 Å². The van der Waals surface area contributed by atoms with Crippen LogP contribution in [0.3, 0.4) is 0 Å². The van der Waals surface area contributed by atoms with Gasteiger partial charge in [0.25, 0.3) is 5.91 Å². The maximum Gasteiger partial charge on any atom is 0.322 e. The quantitative estimate of drug-likeness (QED) is 0.582. The van der Waals surface area contributed by atoms with Gasteiger partial charge in [0, 0.05) is 37.8 Å². The molecule has 5 rings (SSSR count). The van der Waals surface area contributed by atoms with Crippen LogP contribution in [0.2, 0.25) is 0 Å². The number of halogens is 1. The zero-order valence-electron chi connectivity index (χ0n) is 17.7. The molecule has 1 unspecified atom stereocenters. The Bertz CT molecular complexity index is 1280. The number of carbonyl (C=O) groups excluding carboxylic acids is 2. The lowest BCUT2D eigenvalue weighted by Gasteiger charge is -2.27. The van der Waals surface area contributed by atoms with Crippen LogP contribution in [0.1, 0.15) is 33.5 Å². The Morgan fingerprint density at radius 1 is 1.36 bits per heavy atom. The highest BCUT2D eigenvalue weighted by Crippen LogP contribution is 2.29. The number of H-pyrrole nitrogens is 1. The average molecular weight is 449 g/mol. The summed E-state index contributed by atoms with van der Waals surface area (Å²) in [5, 5.41) is 14.2. The molecule has 0 saturated heterocycles. The lowest BCUT2D eigenvalue weighted by molar-refractivity contribution is 0.0788. The van der Waals surface area contributed by atoms with Crippen LogP contribution < -0.4 is 5.32 Å². The Kier molecular flexibility index (Phi) is 5.01. The van der Waals surface area contributed by atoms with Crippen LogP contribution in [-0.2, 0) is 19.5 Å². The van der Waals surface area contributed by atoms with E-state index < -0.39 is 11.8 Å². The number of likely N-dealkylation sites (N-methyl/N-ethyl adjacent to an activating group) is 1. The molecule has 2 aliphatic heterocycles. The van der Waals surface area contributed by atoms with Crippen molar-refractivity contribution in [2.45, 2.75) is 25.4 Å². The van der Waals surface area contributed by atoms with Gasteiger partial charge >= 0.3 is 6.03 Å². The van der Waals surface area contributed by atoms with Gasteiger partial charge in [0.15, 0.2) is 0 Å². The predicted octanol–water partition coefficient (Wildman–Crippen LogP) is 2.15. The van der Waals surface area contributed by atoms with Gasteiger partial charge in [0.2, 0.25) is 5.69 Å². The summed E-state index contributed by atoms with van der Waals surface area (Å²) in [6.07, 6.45) is 1.94. The standard InChI is InChI=1S/C21H20FN9O2/c1-23-17-7-13(3-4-15(17)22)26-21(33)30-6-5-16-14(10-30)18-20(32)29(2)8-12(9-31(18)28-16)19-24-11-25-27-19/h3-4,7,11-12H,5-6,8-10H2,2H3,(H,26,33)(H,24,25,27). The third kappa shape index (κ3) is 3.67. The Morgan fingerprint density at radius 3 is 2.97 bits per heavy atom. The largest absolute Gasteiger partial charge is 0.340 e. The van der Waals surface area contributed by atoms with E-state index >= 15 is 0 Å². The number of amides is 3. The molecule has 0 radical (unpaired) electrons. The third-order valence-electron chi connectivity index (χ3n) is 5.96. The van der Waals surface area contributed by atoms with E-state index in [0.717, 1.165) is 17.3 Å². The van der Waals surface area contributed by atoms with Crippen molar-refractivity contribution in [3.63, 3.8) is 0 Å². The highest BCUT2D eigenvalue weighted by atomic mass is 19.1. The summed E-state index contributed by atoms with van der Waals surface area (Å²) in [5.41, 5.74) is 2.17. The van der Waals surface area contributed by atoms with E-state index in [1.807, 2.05) is 0 Å². The summed E-state index contributed by atoms with van der Waals surface area (Å²) in [5.74, 6) is -0.193. The van der Waals surface area contributed by atoms with Crippen LogP contribution in [0.4, 0.5) is 20.6 Å². The maximum atomic E-state index is 13.6. The normalized spacial score (nSPS) is 17.7.